The zero-order valence-corrected chi connectivity index (χ0v) is 11.9. The van der Waals surface area contributed by atoms with Crippen molar-refractivity contribution in [2.24, 2.45) is 0 Å². The zero-order valence-electron chi connectivity index (χ0n) is 8.76. The lowest BCUT2D eigenvalue weighted by Crippen LogP contribution is -2.28. The van der Waals surface area contributed by atoms with Crippen molar-refractivity contribution in [3.05, 3.63) is 45.4 Å². The molecule has 0 fully saturated rings. The number of benzene rings is 1. The Labute approximate surface area is 108 Å². The van der Waals surface area contributed by atoms with Crippen LogP contribution in [-0.4, -0.2) is 12.6 Å². The molecule has 0 aliphatic heterocycles. The van der Waals surface area contributed by atoms with Gasteiger partial charge in [-0.15, -0.1) is 0 Å². The van der Waals surface area contributed by atoms with Crippen LogP contribution in [0.25, 0.3) is 0 Å². The van der Waals surface area contributed by atoms with Crippen LogP contribution >= 0.6 is 31.9 Å². The van der Waals surface area contributed by atoms with Gasteiger partial charge in [-0.25, -0.2) is 0 Å². The van der Waals surface area contributed by atoms with E-state index >= 15 is 0 Å². The van der Waals surface area contributed by atoms with E-state index in [0.717, 1.165) is 21.9 Å². The van der Waals surface area contributed by atoms with E-state index in [4.69, 9.17) is 0 Å². The van der Waals surface area contributed by atoms with E-state index in [1.165, 1.54) is 5.56 Å². The summed E-state index contributed by atoms with van der Waals surface area (Å²) < 4.78 is 2.12. The summed E-state index contributed by atoms with van der Waals surface area (Å²) in [7, 11) is 0. The third kappa shape index (κ3) is 5.50. The Balaban J connectivity index is 2.40. The van der Waals surface area contributed by atoms with E-state index < -0.39 is 0 Å². The number of halogens is 2. The average molecular weight is 333 g/mol. The molecule has 1 aromatic rings. The number of hydrogen-bond acceptors (Lipinski definition) is 1. The van der Waals surface area contributed by atoms with Gasteiger partial charge in [0, 0.05) is 21.5 Å². The Bertz CT molecular complexity index is 319. The topological polar surface area (TPSA) is 12.0 Å². The summed E-state index contributed by atoms with van der Waals surface area (Å²) in [5, 5.41) is 3.39. The van der Waals surface area contributed by atoms with Gasteiger partial charge in [0.05, 0.1) is 0 Å². The molecule has 1 rings (SSSR count). The Hall–Kier alpha value is -0.120. The molecular formula is C12H15Br2N. The van der Waals surface area contributed by atoms with Crippen molar-refractivity contribution >= 4 is 31.9 Å². The van der Waals surface area contributed by atoms with Gasteiger partial charge in [-0.3, -0.25) is 0 Å². The third-order valence-electron chi connectivity index (χ3n) is 2.10. The summed E-state index contributed by atoms with van der Waals surface area (Å²) in [4.78, 5) is 0. The highest BCUT2D eigenvalue weighted by Gasteiger charge is 2.02. The highest BCUT2D eigenvalue weighted by molar-refractivity contribution is 9.11. The summed E-state index contributed by atoms with van der Waals surface area (Å²) in [5.74, 6) is 0. The first-order chi connectivity index (χ1) is 7.08. The number of nitrogens with one attached hydrogen (secondary N) is 1. The molecule has 0 bridgehead atoms. The third-order valence-corrected chi connectivity index (χ3v) is 2.91. The Morgan fingerprint density at radius 1 is 1.40 bits per heavy atom. The fourth-order valence-electron chi connectivity index (χ4n) is 1.33. The largest absolute Gasteiger partial charge is 0.309 e. The fraction of sp³-hybridized carbons (Fsp3) is 0.333. The molecule has 0 spiro atoms. The second kappa shape index (κ2) is 6.46. The molecule has 1 N–H and O–H groups in total. The van der Waals surface area contributed by atoms with Gasteiger partial charge in [0.25, 0.3) is 0 Å². The minimum absolute atomic E-state index is 0.459. The van der Waals surface area contributed by atoms with Crippen LogP contribution in [0.15, 0.2) is 39.8 Å². The van der Waals surface area contributed by atoms with Gasteiger partial charge in [0.15, 0.2) is 0 Å². The van der Waals surface area contributed by atoms with Crippen LogP contribution in [0.3, 0.4) is 0 Å². The van der Waals surface area contributed by atoms with Gasteiger partial charge in [0.2, 0.25) is 0 Å². The average Bonchev–Trinajstić information content (AvgIpc) is 2.19. The van der Waals surface area contributed by atoms with Gasteiger partial charge >= 0.3 is 0 Å². The van der Waals surface area contributed by atoms with Gasteiger partial charge in [-0.1, -0.05) is 50.6 Å². The summed E-state index contributed by atoms with van der Waals surface area (Å²) in [6.07, 6.45) is 1.04. The van der Waals surface area contributed by atoms with Crippen LogP contribution in [-0.2, 0) is 6.42 Å². The van der Waals surface area contributed by atoms with Crippen molar-refractivity contribution in [2.45, 2.75) is 19.4 Å². The van der Waals surface area contributed by atoms with Crippen LogP contribution in [0, 0.1) is 0 Å². The van der Waals surface area contributed by atoms with E-state index in [1.807, 2.05) is 0 Å². The molecular weight excluding hydrogens is 318 g/mol. The highest BCUT2D eigenvalue weighted by atomic mass is 79.9. The lowest BCUT2D eigenvalue weighted by Gasteiger charge is -2.13. The molecule has 1 unspecified atom stereocenters. The summed E-state index contributed by atoms with van der Waals surface area (Å²) in [6.45, 7) is 6.79. The maximum Gasteiger partial charge on any atom is 0.0268 e. The minimum atomic E-state index is 0.459. The molecule has 1 nitrogen and oxygen atoms in total. The molecule has 1 atom stereocenters. The lowest BCUT2D eigenvalue weighted by molar-refractivity contribution is 0.579. The SMILES string of the molecule is C=C(Br)CNC(C)Cc1ccc(Br)cc1. The van der Waals surface area contributed by atoms with Crippen LogP contribution in [0.4, 0.5) is 0 Å². The second-order valence-electron chi connectivity index (χ2n) is 3.63. The Kier molecular flexibility index (Phi) is 5.58. The van der Waals surface area contributed by atoms with Crippen molar-refractivity contribution < 1.29 is 0 Å². The van der Waals surface area contributed by atoms with Gasteiger partial charge in [-0.05, 0) is 31.0 Å². The predicted molar refractivity (Wildman–Crippen MR) is 73.4 cm³/mol. The van der Waals surface area contributed by atoms with Gasteiger partial charge in [0.1, 0.15) is 0 Å². The van der Waals surface area contributed by atoms with E-state index in [9.17, 15) is 0 Å². The van der Waals surface area contributed by atoms with Gasteiger partial charge in [-0.2, -0.15) is 0 Å². The van der Waals surface area contributed by atoms with E-state index in [-0.39, 0.29) is 0 Å². The number of rotatable bonds is 5. The van der Waals surface area contributed by atoms with E-state index in [1.54, 1.807) is 0 Å². The molecule has 82 valence electrons. The quantitative estimate of drug-likeness (QED) is 0.862. The van der Waals surface area contributed by atoms with Crippen molar-refractivity contribution in [2.75, 3.05) is 6.54 Å². The first-order valence-electron chi connectivity index (χ1n) is 4.89. The van der Waals surface area contributed by atoms with Crippen molar-refractivity contribution in [1.82, 2.24) is 5.32 Å². The molecule has 0 amide bonds. The molecule has 0 saturated heterocycles. The molecule has 0 saturated carbocycles. The Morgan fingerprint density at radius 3 is 2.53 bits per heavy atom. The fourth-order valence-corrected chi connectivity index (χ4v) is 1.76. The summed E-state index contributed by atoms with van der Waals surface area (Å²) in [6, 6.07) is 8.90. The lowest BCUT2D eigenvalue weighted by atomic mass is 10.1. The highest BCUT2D eigenvalue weighted by Crippen LogP contribution is 2.12. The van der Waals surface area contributed by atoms with Crippen molar-refractivity contribution in [3.8, 4) is 0 Å². The van der Waals surface area contributed by atoms with Crippen molar-refractivity contribution in [3.63, 3.8) is 0 Å². The van der Waals surface area contributed by atoms with Crippen LogP contribution in [0.2, 0.25) is 0 Å². The van der Waals surface area contributed by atoms with Crippen LogP contribution in [0.1, 0.15) is 12.5 Å². The molecule has 3 heteroatoms. The second-order valence-corrected chi connectivity index (χ2v) is 5.67. The molecule has 0 aliphatic rings. The first-order valence-corrected chi connectivity index (χ1v) is 6.47. The van der Waals surface area contributed by atoms with E-state index in [0.29, 0.717) is 6.04 Å². The van der Waals surface area contributed by atoms with Crippen LogP contribution < -0.4 is 5.32 Å². The van der Waals surface area contributed by atoms with Crippen molar-refractivity contribution in [1.29, 1.82) is 0 Å². The van der Waals surface area contributed by atoms with Crippen LogP contribution in [0.5, 0.6) is 0 Å². The molecule has 0 radical (unpaired) electrons. The molecule has 0 heterocycles. The first kappa shape index (κ1) is 12.9. The Morgan fingerprint density at radius 2 is 2.00 bits per heavy atom. The maximum atomic E-state index is 3.79. The monoisotopic (exact) mass is 331 g/mol. The smallest absolute Gasteiger partial charge is 0.0268 e. The molecule has 0 aromatic heterocycles. The zero-order chi connectivity index (χ0) is 11.3. The molecule has 0 aliphatic carbocycles. The number of hydrogen-bond donors (Lipinski definition) is 1. The molecule has 15 heavy (non-hydrogen) atoms. The predicted octanol–water partition coefficient (Wildman–Crippen LogP) is 3.88. The van der Waals surface area contributed by atoms with E-state index in [2.05, 4.69) is 74.9 Å². The summed E-state index contributed by atoms with van der Waals surface area (Å²) in [5.41, 5.74) is 1.35. The normalized spacial score (nSPS) is 12.5. The minimum Gasteiger partial charge on any atom is -0.309 e. The van der Waals surface area contributed by atoms with Gasteiger partial charge < -0.3 is 5.32 Å². The maximum absolute atomic E-state index is 3.79. The summed E-state index contributed by atoms with van der Waals surface area (Å²) >= 11 is 6.76. The molecule has 1 aromatic carbocycles. The standard InChI is InChI=1S/C12H15Br2N/c1-9(13)8-15-10(2)7-11-3-5-12(14)6-4-11/h3-6,10,15H,1,7-8H2,2H3.